The summed E-state index contributed by atoms with van der Waals surface area (Å²) in [7, 11) is 3.32. The summed E-state index contributed by atoms with van der Waals surface area (Å²) >= 11 is 0. The molecule has 0 aliphatic carbocycles. The van der Waals surface area contributed by atoms with E-state index < -0.39 is 0 Å². The van der Waals surface area contributed by atoms with Gasteiger partial charge in [-0.2, -0.15) is 0 Å². The van der Waals surface area contributed by atoms with Gasteiger partial charge in [-0.15, -0.1) is 0 Å². The summed E-state index contributed by atoms with van der Waals surface area (Å²) in [5.74, 6) is 2.15. The maximum atomic E-state index is 13.3. The van der Waals surface area contributed by atoms with Gasteiger partial charge in [0.05, 0.1) is 14.2 Å². The Balaban J connectivity index is 1.49. The number of ether oxygens (including phenoxy) is 2. The molecule has 2 aromatic rings. The summed E-state index contributed by atoms with van der Waals surface area (Å²) < 4.78 is 11.0. The smallest absolute Gasteiger partial charge is 0.320 e. The topological polar surface area (TPSA) is 71.1 Å². The fourth-order valence-corrected chi connectivity index (χ4v) is 5.49. The fourth-order valence-electron chi connectivity index (χ4n) is 5.49. The third kappa shape index (κ3) is 5.89. The molecule has 0 spiro atoms. The molecule has 2 saturated heterocycles. The molecule has 7 heteroatoms. The minimum absolute atomic E-state index is 0.0307. The van der Waals surface area contributed by atoms with E-state index in [9.17, 15) is 9.59 Å². The van der Waals surface area contributed by atoms with Crippen LogP contribution in [-0.2, 0) is 4.79 Å². The minimum atomic E-state index is -0.0307. The second kappa shape index (κ2) is 11.5. The molecule has 2 fully saturated rings. The van der Waals surface area contributed by atoms with E-state index in [1.165, 1.54) is 11.1 Å². The Hall–Kier alpha value is -3.22. The van der Waals surface area contributed by atoms with Gasteiger partial charge in [0.2, 0.25) is 5.91 Å². The Labute approximate surface area is 208 Å². The zero-order chi connectivity index (χ0) is 24.8. The number of piperidine rings is 1. The van der Waals surface area contributed by atoms with Crippen LogP contribution < -0.4 is 14.8 Å². The molecule has 2 heterocycles. The van der Waals surface area contributed by atoms with E-state index in [0.717, 1.165) is 37.4 Å². The van der Waals surface area contributed by atoms with E-state index in [-0.39, 0.29) is 23.9 Å². The first-order valence-corrected chi connectivity index (χ1v) is 12.6. The Bertz CT molecular complexity index is 1000. The van der Waals surface area contributed by atoms with Gasteiger partial charge < -0.3 is 24.6 Å². The highest BCUT2D eigenvalue weighted by molar-refractivity contribution is 5.78. The SMILES string of the molecule is COc1ccc([C@H](c2ccccc2)C2CCN(C(=O)N3CCCC(=O)N[C@@H](C)C3)CC2)cc1OC. The Morgan fingerprint density at radius 2 is 1.66 bits per heavy atom. The van der Waals surface area contributed by atoms with Crippen molar-refractivity contribution in [2.75, 3.05) is 40.4 Å². The van der Waals surface area contributed by atoms with Crippen LogP contribution in [0.5, 0.6) is 11.5 Å². The van der Waals surface area contributed by atoms with Crippen molar-refractivity contribution in [2.45, 2.75) is 44.6 Å². The molecule has 0 aromatic heterocycles. The molecule has 7 nitrogen and oxygen atoms in total. The average Bonchev–Trinajstić information content (AvgIpc) is 2.87. The second-order valence-electron chi connectivity index (χ2n) is 9.63. The molecule has 0 saturated carbocycles. The summed E-state index contributed by atoms with van der Waals surface area (Å²) in [6.07, 6.45) is 3.04. The number of hydrogen-bond acceptors (Lipinski definition) is 4. The maximum Gasteiger partial charge on any atom is 0.320 e. The molecule has 0 radical (unpaired) electrons. The molecule has 0 bridgehead atoms. The van der Waals surface area contributed by atoms with Gasteiger partial charge in [0.25, 0.3) is 0 Å². The number of hydrogen-bond donors (Lipinski definition) is 1. The van der Waals surface area contributed by atoms with E-state index >= 15 is 0 Å². The van der Waals surface area contributed by atoms with Crippen LogP contribution in [0, 0.1) is 5.92 Å². The van der Waals surface area contributed by atoms with Crippen molar-refractivity contribution >= 4 is 11.9 Å². The molecule has 3 amide bonds. The van der Waals surface area contributed by atoms with E-state index in [2.05, 4.69) is 41.7 Å². The highest BCUT2D eigenvalue weighted by atomic mass is 16.5. The first kappa shape index (κ1) is 24.9. The highest BCUT2D eigenvalue weighted by Crippen LogP contribution is 2.41. The van der Waals surface area contributed by atoms with Gasteiger partial charge in [0.15, 0.2) is 11.5 Å². The van der Waals surface area contributed by atoms with Gasteiger partial charge >= 0.3 is 6.03 Å². The van der Waals surface area contributed by atoms with Crippen molar-refractivity contribution in [1.29, 1.82) is 0 Å². The summed E-state index contributed by atoms with van der Waals surface area (Å²) in [4.78, 5) is 29.0. The first-order valence-electron chi connectivity index (χ1n) is 12.6. The summed E-state index contributed by atoms with van der Waals surface area (Å²) in [5, 5.41) is 2.97. The lowest BCUT2D eigenvalue weighted by Crippen LogP contribution is -2.52. The Morgan fingerprint density at radius 3 is 2.34 bits per heavy atom. The van der Waals surface area contributed by atoms with Crippen LogP contribution in [0.1, 0.15) is 49.7 Å². The van der Waals surface area contributed by atoms with Crippen molar-refractivity contribution in [3.05, 3.63) is 59.7 Å². The number of rotatable bonds is 5. The Morgan fingerprint density at radius 1 is 0.943 bits per heavy atom. The van der Waals surface area contributed by atoms with Crippen molar-refractivity contribution in [3.63, 3.8) is 0 Å². The number of nitrogens with one attached hydrogen (secondary N) is 1. The van der Waals surface area contributed by atoms with Crippen LogP contribution in [0.4, 0.5) is 4.79 Å². The number of benzene rings is 2. The van der Waals surface area contributed by atoms with Crippen LogP contribution in [0.15, 0.2) is 48.5 Å². The standard InChI is InChI=1S/C28H37N3O4/c1-20-19-31(15-7-10-26(32)29-20)28(33)30-16-13-22(14-17-30)27(21-8-5-4-6-9-21)23-11-12-24(34-2)25(18-23)35-3/h4-6,8-9,11-12,18,20,22,27H,7,10,13-17,19H2,1-3H3,(H,29,32)/t20-,27+/m0/s1. The number of carbonyl (C=O) groups is 2. The predicted octanol–water partition coefficient (Wildman–Crippen LogP) is 4.27. The van der Waals surface area contributed by atoms with Crippen LogP contribution >= 0.6 is 0 Å². The zero-order valence-corrected chi connectivity index (χ0v) is 21.0. The van der Waals surface area contributed by atoms with Crippen molar-refractivity contribution < 1.29 is 19.1 Å². The predicted molar refractivity (Wildman–Crippen MR) is 136 cm³/mol. The average molecular weight is 480 g/mol. The number of methoxy groups -OCH3 is 2. The molecule has 2 aliphatic heterocycles. The van der Waals surface area contributed by atoms with E-state index in [1.54, 1.807) is 14.2 Å². The molecule has 2 aromatic carbocycles. The monoisotopic (exact) mass is 479 g/mol. The van der Waals surface area contributed by atoms with E-state index in [1.807, 2.05) is 28.9 Å². The Kier molecular flexibility index (Phi) is 8.16. The third-order valence-corrected chi connectivity index (χ3v) is 7.21. The molecular formula is C28H37N3O4. The van der Waals surface area contributed by atoms with Crippen LogP contribution in [0.2, 0.25) is 0 Å². The number of urea groups is 1. The van der Waals surface area contributed by atoms with Crippen molar-refractivity contribution in [3.8, 4) is 11.5 Å². The van der Waals surface area contributed by atoms with Gasteiger partial charge in [0.1, 0.15) is 0 Å². The number of amides is 3. The third-order valence-electron chi connectivity index (χ3n) is 7.21. The van der Waals surface area contributed by atoms with Crippen LogP contribution in [0.25, 0.3) is 0 Å². The van der Waals surface area contributed by atoms with Gasteiger partial charge in [-0.05, 0) is 55.4 Å². The van der Waals surface area contributed by atoms with Gasteiger partial charge in [0, 0.05) is 44.6 Å². The molecular weight excluding hydrogens is 442 g/mol. The quantitative estimate of drug-likeness (QED) is 0.695. The molecule has 2 aliphatic rings. The lowest BCUT2D eigenvalue weighted by atomic mass is 9.76. The van der Waals surface area contributed by atoms with Gasteiger partial charge in [-0.1, -0.05) is 36.4 Å². The number of carbonyl (C=O) groups excluding carboxylic acids is 2. The molecule has 4 rings (SSSR count). The van der Waals surface area contributed by atoms with Crippen LogP contribution in [0.3, 0.4) is 0 Å². The minimum Gasteiger partial charge on any atom is -0.493 e. The summed E-state index contributed by atoms with van der Waals surface area (Å²) in [5.41, 5.74) is 2.48. The van der Waals surface area contributed by atoms with Crippen molar-refractivity contribution in [2.24, 2.45) is 5.92 Å². The van der Waals surface area contributed by atoms with Crippen molar-refractivity contribution in [1.82, 2.24) is 15.1 Å². The largest absolute Gasteiger partial charge is 0.493 e. The fraction of sp³-hybridized carbons (Fsp3) is 0.500. The maximum absolute atomic E-state index is 13.3. The lowest BCUT2D eigenvalue weighted by Gasteiger charge is -2.39. The summed E-state index contributed by atoms with van der Waals surface area (Å²) in [6, 6.07) is 16.9. The van der Waals surface area contributed by atoms with Crippen LogP contribution in [-0.4, -0.2) is 68.2 Å². The number of nitrogens with zero attached hydrogens (tertiary/aromatic N) is 2. The van der Waals surface area contributed by atoms with E-state index in [0.29, 0.717) is 31.8 Å². The zero-order valence-electron chi connectivity index (χ0n) is 21.0. The molecule has 1 N–H and O–H groups in total. The summed E-state index contributed by atoms with van der Waals surface area (Å²) in [6.45, 7) is 4.62. The lowest BCUT2D eigenvalue weighted by molar-refractivity contribution is -0.122. The highest BCUT2D eigenvalue weighted by Gasteiger charge is 2.33. The normalized spacial score (nSPS) is 20.4. The first-order chi connectivity index (χ1) is 17.0. The second-order valence-corrected chi connectivity index (χ2v) is 9.63. The molecule has 35 heavy (non-hydrogen) atoms. The number of likely N-dealkylation sites (tertiary alicyclic amines) is 1. The molecule has 188 valence electrons. The van der Waals surface area contributed by atoms with E-state index in [4.69, 9.17) is 9.47 Å². The molecule has 2 atom stereocenters. The molecule has 0 unspecified atom stereocenters. The van der Waals surface area contributed by atoms with Gasteiger partial charge in [-0.25, -0.2) is 4.79 Å². The van der Waals surface area contributed by atoms with Gasteiger partial charge in [-0.3, -0.25) is 4.79 Å².